The number of hydrogen-bond acceptors (Lipinski definition) is 3. The second-order valence-corrected chi connectivity index (χ2v) is 27.5. The molecule has 0 N–H and O–H groups in total. The lowest BCUT2D eigenvalue weighted by Crippen LogP contribution is -1.92. The van der Waals surface area contributed by atoms with Crippen LogP contribution in [0.25, 0.3) is 219 Å². The van der Waals surface area contributed by atoms with Gasteiger partial charge in [-0.2, -0.15) is 0 Å². The number of rotatable bonds is 8. The molecule has 0 saturated carbocycles. The van der Waals surface area contributed by atoms with Gasteiger partial charge >= 0.3 is 0 Å². The fraction of sp³-hybridized carbons (Fsp3) is 0. The summed E-state index contributed by atoms with van der Waals surface area (Å²) in [5.41, 5.74) is 24.5. The summed E-state index contributed by atoms with van der Waals surface area (Å²) in [5.74, 6) is 0. The molecule has 0 radical (unpaired) electrons. The summed E-state index contributed by atoms with van der Waals surface area (Å²) in [7, 11) is 0. The quantitative estimate of drug-likeness (QED) is 0.142. The molecule has 0 bridgehead atoms. The Morgan fingerprint density at radius 2 is 0.467 bits per heavy atom. The Hall–Kier alpha value is -13.9. The van der Waals surface area contributed by atoms with Crippen molar-refractivity contribution in [1.82, 2.24) is 0 Å². The van der Waals surface area contributed by atoms with E-state index < -0.39 is 0 Å². The van der Waals surface area contributed by atoms with Crippen molar-refractivity contribution in [2.24, 2.45) is 0 Å². The van der Waals surface area contributed by atoms with E-state index in [0.717, 1.165) is 82.5 Å². The smallest absolute Gasteiger partial charge is 0.143 e. The van der Waals surface area contributed by atoms with E-state index in [1.54, 1.807) is 0 Å². The van der Waals surface area contributed by atoms with Gasteiger partial charge in [-0.05, 0) is 215 Å². The van der Waals surface area contributed by atoms with Crippen molar-refractivity contribution in [3.8, 4) is 89.0 Å². The third kappa shape index (κ3) is 9.81. The van der Waals surface area contributed by atoms with Gasteiger partial charge in [0.15, 0.2) is 0 Å². The molecule has 0 aliphatic rings. The van der Waals surface area contributed by atoms with E-state index >= 15 is 0 Å². The highest BCUT2D eigenvalue weighted by Crippen LogP contribution is 2.51. The molecule has 0 atom stereocenters. The minimum Gasteiger partial charge on any atom is -0.456 e. The van der Waals surface area contributed by atoms with Crippen LogP contribution in [0.4, 0.5) is 0 Å². The zero-order valence-electron chi connectivity index (χ0n) is 57.0. The van der Waals surface area contributed by atoms with E-state index in [1.807, 2.05) is 12.1 Å². The Balaban J connectivity index is 0.000000137. The Morgan fingerprint density at radius 1 is 0.143 bits per heavy atom. The molecule has 0 aliphatic heterocycles. The molecule has 488 valence electrons. The van der Waals surface area contributed by atoms with E-state index in [-0.39, 0.29) is 0 Å². The number of benzene rings is 19. The van der Waals surface area contributed by atoms with Gasteiger partial charge < -0.3 is 13.3 Å². The maximum atomic E-state index is 6.61. The fourth-order valence-electron chi connectivity index (χ4n) is 17.1. The predicted octanol–water partition coefficient (Wildman–Crippen LogP) is 29.3. The van der Waals surface area contributed by atoms with Crippen LogP contribution in [0.1, 0.15) is 0 Å². The highest BCUT2D eigenvalue weighted by Gasteiger charge is 2.24. The standard InChI is InChI=1S/C54H32O2.C48H30O/c1-2-14-33(15-3-1)51-40-19-6-8-21-42(40)52(43-22-9-7-20-41(43)51)36-30-34-16-4-5-17-37(34)46(32-36)44-24-13-27-50-53(44)47-31-35(28-29-49(47)55-50)38-23-12-25-45-39-18-10-11-26-48(39)56-54(38)45;1-3-14-31(15-4-1)33-26-27-44-43(29-33)48-41(24-13-25-45(48)49-44)42-30-35(28-34-18-7-8-19-36(34)42)47-39-22-11-9-20-37(39)46(32-16-5-2-6-17-32)38-21-10-12-23-40(38)47/h1-32H;1-30H. The fourth-order valence-corrected chi connectivity index (χ4v) is 17.1. The molecule has 0 amide bonds. The molecule has 0 fully saturated rings. The minimum absolute atomic E-state index is 0.863. The number of hydrogen-bond donors (Lipinski definition) is 0. The molecule has 3 aromatic heterocycles. The average molecular weight is 1340 g/mol. The molecular weight excluding hydrogens is 1270 g/mol. The van der Waals surface area contributed by atoms with Gasteiger partial charge in [-0.1, -0.05) is 309 Å². The molecule has 3 heteroatoms. The molecular formula is C102H62O3. The van der Waals surface area contributed by atoms with Crippen LogP contribution in [0.5, 0.6) is 0 Å². The van der Waals surface area contributed by atoms with Crippen LogP contribution < -0.4 is 0 Å². The van der Waals surface area contributed by atoms with Gasteiger partial charge in [-0.25, -0.2) is 0 Å². The first-order valence-corrected chi connectivity index (χ1v) is 36.0. The van der Waals surface area contributed by atoms with Gasteiger partial charge in [-0.3, -0.25) is 0 Å². The summed E-state index contributed by atoms with van der Waals surface area (Å²) in [6.45, 7) is 0. The van der Waals surface area contributed by atoms with E-state index in [4.69, 9.17) is 13.3 Å². The molecule has 22 rings (SSSR count). The summed E-state index contributed by atoms with van der Waals surface area (Å²) in [5, 5.41) is 21.5. The molecule has 0 spiro atoms. The maximum absolute atomic E-state index is 6.61. The Kier molecular flexibility index (Phi) is 14.0. The lowest BCUT2D eigenvalue weighted by molar-refractivity contribution is 0.668. The van der Waals surface area contributed by atoms with Crippen LogP contribution >= 0.6 is 0 Å². The summed E-state index contributed by atoms with van der Waals surface area (Å²) >= 11 is 0. The highest BCUT2D eigenvalue weighted by atomic mass is 16.3. The second-order valence-electron chi connectivity index (χ2n) is 27.5. The first-order valence-electron chi connectivity index (χ1n) is 36.0. The van der Waals surface area contributed by atoms with Crippen LogP contribution in [0.15, 0.2) is 389 Å². The molecule has 105 heavy (non-hydrogen) atoms. The zero-order valence-corrected chi connectivity index (χ0v) is 57.0. The van der Waals surface area contributed by atoms with Crippen LogP contribution in [0, 0.1) is 0 Å². The Morgan fingerprint density at radius 3 is 0.924 bits per heavy atom. The Bertz CT molecular complexity index is 7140. The van der Waals surface area contributed by atoms with Crippen molar-refractivity contribution in [1.29, 1.82) is 0 Å². The molecule has 0 aliphatic carbocycles. The molecule has 22 aromatic rings. The maximum Gasteiger partial charge on any atom is 0.143 e. The van der Waals surface area contributed by atoms with Gasteiger partial charge in [-0.15, -0.1) is 0 Å². The van der Waals surface area contributed by atoms with Crippen LogP contribution in [0.3, 0.4) is 0 Å². The summed E-state index contributed by atoms with van der Waals surface area (Å²) in [6.07, 6.45) is 0. The molecule has 0 saturated heterocycles. The number of para-hydroxylation sites is 2. The first-order chi connectivity index (χ1) is 52.1. The normalized spacial score (nSPS) is 11.8. The molecule has 0 unspecified atom stereocenters. The van der Waals surface area contributed by atoms with E-state index in [2.05, 4.69) is 364 Å². The third-order valence-corrected chi connectivity index (χ3v) is 21.7. The van der Waals surface area contributed by atoms with Crippen molar-refractivity contribution in [2.75, 3.05) is 0 Å². The second kappa shape index (κ2) is 24.5. The van der Waals surface area contributed by atoms with Crippen molar-refractivity contribution < 1.29 is 13.3 Å². The SMILES string of the molecule is c1ccc(-c2c3ccccc3c(-c3cc(-c4cccc5oc6ccc(-c7cccc8c7oc7ccccc78)cc6c45)c4ccccc4c3)c3ccccc23)cc1.c1ccc(-c2ccc3oc4cccc(-c5cc(-c6c7ccccc7c(-c7ccccc7)c7ccccc67)cc6ccccc56)c4c3c2)cc1. The average Bonchev–Trinajstić information content (AvgIpc) is 1.28. The molecule has 3 heterocycles. The van der Waals surface area contributed by atoms with Crippen molar-refractivity contribution in [3.05, 3.63) is 376 Å². The zero-order chi connectivity index (χ0) is 69.1. The van der Waals surface area contributed by atoms with Crippen molar-refractivity contribution in [3.63, 3.8) is 0 Å². The van der Waals surface area contributed by atoms with E-state index in [9.17, 15) is 0 Å². The summed E-state index contributed by atoms with van der Waals surface area (Å²) in [6, 6.07) is 136. The van der Waals surface area contributed by atoms with Gasteiger partial charge in [0, 0.05) is 37.9 Å². The molecule has 19 aromatic carbocycles. The van der Waals surface area contributed by atoms with Crippen LogP contribution in [-0.2, 0) is 0 Å². The third-order valence-electron chi connectivity index (χ3n) is 21.7. The highest BCUT2D eigenvalue weighted by molar-refractivity contribution is 6.26. The van der Waals surface area contributed by atoms with E-state index in [1.165, 1.54) is 137 Å². The van der Waals surface area contributed by atoms with Gasteiger partial charge in [0.1, 0.15) is 33.5 Å². The first kappa shape index (κ1) is 60.0. The number of furan rings is 3. The van der Waals surface area contributed by atoms with E-state index in [0.29, 0.717) is 0 Å². The lowest BCUT2D eigenvalue weighted by atomic mass is 9.84. The minimum atomic E-state index is 0.863. The molecule has 3 nitrogen and oxygen atoms in total. The van der Waals surface area contributed by atoms with Gasteiger partial charge in [0.2, 0.25) is 0 Å². The van der Waals surface area contributed by atoms with Crippen LogP contribution in [-0.4, -0.2) is 0 Å². The van der Waals surface area contributed by atoms with Gasteiger partial charge in [0.05, 0.1) is 0 Å². The van der Waals surface area contributed by atoms with Crippen molar-refractivity contribution >= 4 is 130 Å². The summed E-state index contributed by atoms with van der Waals surface area (Å²) < 4.78 is 19.6. The number of fused-ring (bicyclic) bond motifs is 15. The van der Waals surface area contributed by atoms with Crippen LogP contribution in [0.2, 0.25) is 0 Å². The monoisotopic (exact) mass is 1330 g/mol. The predicted molar refractivity (Wildman–Crippen MR) is 443 cm³/mol. The van der Waals surface area contributed by atoms with Crippen molar-refractivity contribution in [2.45, 2.75) is 0 Å². The summed E-state index contributed by atoms with van der Waals surface area (Å²) in [4.78, 5) is 0. The largest absolute Gasteiger partial charge is 0.456 e. The topological polar surface area (TPSA) is 39.4 Å². The Labute approximate surface area is 605 Å². The lowest BCUT2D eigenvalue weighted by Gasteiger charge is -2.19. The van der Waals surface area contributed by atoms with Gasteiger partial charge in [0.25, 0.3) is 0 Å².